The average Bonchev–Trinajstić information content (AvgIpc) is 2.53. The summed E-state index contributed by atoms with van der Waals surface area (Å²) >= 11 is 1.60. The molecule has 0 spiro atoms. The lowest BCUT2D eigenvalue weighted by atomic mass is 10.1. The molecule has 0 saturated carbocycles. The fourth-order valence-corrected chi connectivity index (χ4v) is 2.95. The first-order valence-corrected chi connectivity index (χ1v) is 7.49. The molecule has 1 N–H and O–H groups in total. The van der Waals surface area contributed by atoms with E-state index in [9.17, 15) is 0 Å². The van der Waals surface area contributed by atoms with Crippen molar-refractivity contribution in [3.8, 4) is 5.75 Å². The van der Waals surface area contributed by atoms with Crippen LogP contribution in [0, 0.1) is 0 Å². The molecule has 0 aliphatic carbocycles. The third kappa shape index (κ3) is 2.27. The molecule has 3 aromatic rings. The molecule has 0 bridgehead atoms. The van der Waals surface area contributed by atoms with E-state index < -0.39 is 0 Å². The highest BCUT2D eigenvalue weighted by atomic mass is 32.2. The van der Waals surface area contributed by atoms with E-state index in [0.29, 0.717) is 5.69 Å². The van der Waals surface area contributed by atoms with Gasteiger partial charge in [-0.25, -0.2) is 4.98 Å². The molecule has 0 atom stereocenters. The zero-order valence-electron chi connectivity index (χ0n) is 11.6. The van der Waals surface area contributed by atoms with E-state index in [1.54, 1.807) is 25.1 Å². The van der Waals surface area contributed by atoms with Crippen molar-refractivity contribution in [3.63, 3.8) is 0 Å². The molecule has 2 aromatic heterocycles. The van der Waals surface area contributed by atoms with Crippen LogP contribution in [0.25, 0.3) is 21.8 Å². The van der Waals surface area contributed by atoms with Gasteiger partial charge in [0, 0.05) is 21.9 Å². The van der Waals surface area contributed by atoms with E-state index in [2.05, 4.69) is 15.1 Å². The third-order valence-electron chi connectivity index (χ3n) is 3.24. The lowest BCUT2D eigenvalue weighted by Gasteiger charge is -2.11. The molecule has 0 radical (unpaired) electrons. The summed E-state index contributed by atoms with van der Waals surface area (Å²) in [5.41, 5.74) is 2.13. The fourth-order valence-electron chi connectivity index (χ4n) is 2.34. The summed E-state index contributed by atoms with van der Waals surface area (Å²) in [7, 11) is 1.65. The van der Waals surface area contributed by atoms with Crippen molar-refractivity contribution in [2.45, 2.75) is 4.90 Å². The Labute approximate surface area is 125 Å². The van der Waals surface area contributed by atoms with Gasteiger partial charge >= 0.3 is 0 Å². The molecule has 0 saturated heterocycles. The molecule has 21 heavy (non-hydrogen) atoms. The molecule has 0 amide bonds. The summed E-state index contributed by atoms with van der Waals surface area (Å²) in [6, 6.07) is 7.66. The van der Waals surface area contributed by atoms with E-state index in [1.165, 1.54) is 6.21 Å². The first-order chi connectivity index (χ1) is 10.3. The second-order valence-corrected chi connectivity index (χ2v) is 5.22. The molecule has 5 nitrogen and oxygen atoms in total. The van der Waals surface area contributed by atoms with Crippen molar-refractivity contribution in [1.82, 2.24) is 9.97 Å². The van der Waals surface area contributed by atoms with Crippen LogP contribution in [0.2, 0.25) is 0 Å². The first-order valence-electron chi connectivity index (χ1n) is 6.26. The van der Waals surface area contributed by atoms with Crippen molar-refractivity contribution in [2.24, 2.45) is 5.16 Å². The zero-order valence-corrected chi connectivity index (χ0v) is 12.4. The van der Waals surface area contributed by atoms with E-state index >= 15 is 0 Å². The number of ether oxygens (including phenoxy) is 1. The summed E-state index contributed by atoms with van der Waals surface area (Å²) in [6.45, 7) is 0. The highest BCUT2D eigenvalue weighted by Gasteiger charge is 2.13. The monoisotopic (exact) mass is 299 g/mol. The quantitative estimate of drug-likeness (QED) is 0.264. The number of nitrogens with zero attached hydrogens (tertiary/aromatic N) is 3. The molecule has 0 aliphatic rings. The van der Waals surface area contributed by atoms with Gasteiger partial charge in [-0.15, -0.1) is 11.8 Å². The van der Waals surface area contributed by atoms with Crippen molar-refractivity contribution in [3.05, 3.63) is 36.2 Å². The number of rotatable bonds is 3. The highest BCUT2D eigenvalue weighted by Crippen LogP contribution is 2.35. The van der Waals surface area contributed by atoms with Gasteiger partial charge in [0.15, 0.2) is 0 Å². The van der Waals surface area contributed by atoms with Crippen LogP contribution in [0.4, 0.5) is 0 Å². The van der Waals surface area contributed by atoms with Crippen LogP contribution in [0.3, 0.4) is 0 Å². The number of thioether (sulfide) groups is 1. The number of aromatic nitrogens is 2. The second-order valence-electron chi connectivity index (χ2n) is 4.37. The number of oxime groups is 1. The fraction of sp³-hybridized carbons (Fsp3) is 0.133. The zero-order chi connectivity index (χ0) is 14.8. The summed E-state index contributed by atoms with van der Waals surface area (Å²) < 4.78 is 5.47. The Morgan fingerprint density at radius 1 is 1.29 bits per heavy atom. The van der Waals surface area contributed by atoms with Crippen molar-refractivity contribution in [2.75, 3.05) is 13.4 Å². The maximum Gasteiger partial charge on any atom is 0.129 e. The maximum atomic E-state index is 8.74. The summed E-state index contributed by atoms with van der Waals surface area (Å²) in [6.07, 6.45) is 5.04. The molecule has 0 fully saturated rings. The maximum absolute atomic E-state index is 8.74. The Bertz CT molecular complexity index is 849. The summed E-state index contributed by atoms with van der Waals surface area (Å²) in [5.74, 6) is 0.770. The molecule has 6 heteroatoms. The molecule has 0 unspecified atom stereocenters. The van der Waals surface area contributed by atoms with Crippen LogP contribution in [-0.2, 0) is 0 Å². The van der Waals surface area contributed by atoms with Crippen LogP contribution in [-0.4, -0.2) is 34.8 Å². The molecule has 0 aliphatic heterocycles. The Morgan fingerprint density at radius 2 is 2.14 bits per heavy atom. The van der Waals surface area contributed by atoms with Gasteiger partial charge in [0.25, 0.3) is 0 Å². The molecule has 2 heterocycles. The lowest BCUT2D eigenvalue weighted by molar-refractivity contribution is 0.321. The van der Waals surface area contributed by atoms with Crippen LogP contribution in [0.1, 0.15) is 5.69 Å². The molecule has 3 rings (SSSR count). The molecular formula is C15H13N3O2S. The minimum Gasteiger partial charge on any atom is -0.496 e. The Kier molecular flexibility index (Phi) is 3.62. The van der Waals surface area contributed by atoms with E-state index in [-0.39, 0.29) is 0 Å². The first kappa shape index (κ1) is 13.6. The van der Waals surface area contributed by atoms with Gasteiger partial charge in [0.2, 0.25) is 0 Å². The SMILES string of the molecule is COc1cc2c(SC)cc(C=NO)nc2c2ncccc12. The van der Waals surface area contributed by atoms with Gasteiger partial charge in [0.1, 0.15) is 11.3 Å². The van der Waals surface area contributed by atoms with Gasteiger partial charge in [-0.3, -0.25) is 4.98 Å². The van der Waals surface area contributed by atoms with E-state index in [4.69, 9.17) is 9.94 Å². The van der Waals surface area contributed by atoms with Gasteiger partial charge in [0.05, 0.1) is 24.5 Å². The van der Waals surface area contributed by atoms with Crippen LogP contribution in [0.5, 0.6) is 5.75 Å². The molecular weight excluding hydrogens is 286 g/mol. The number of benzene rings is 1. The van der Waals surface area contributed by atoms with Gasteiger partial charge in [-0.05, 0) is 30.5 Å². The number of hydrogen-bond donors (Lipinski definition) is 1. The highest BCUT2D eigenvalue weighted by molar-refractivity contribution is 7.98. The second kappa shape index (κ2) is 5.57. The third-order valence-corrected chi connectivity index (χ3v) is 4.02. The Hall–Kier alpha value is -2.34. The minimum absolute atomic E-state index is 0.589. The number of fused-ring (bicyclic) bond motifs is 3. The standard InChI is InChI=1S/C15H13N3O2S/c1-20-12-7-11-13(21-2)6-9(8-17-19)18-15(11)14-10(12)4-3-5-16-14/h3-8,19H,1-2H3. The van der Waals surface area contributed by atoms with Crippen molar-refractivity contribution >= 4 is 39.8 Å². The van der Waals surface area contributed by atoms with Crippen molar-refractivity contribution < 1.29 is 9.94 Å². The number of pyridine rings is 2. The largest absolute Gasteiger partial charge is 0.496 e. The summed E-state index contributed by atoms with van der Waals surface area (Å²) in [5, 5.41) is 13.7. The smallest absolute Gasteiger partial charge is 0.129 e. The van der Waals surface area contributed by atoms with Crippen LogP contribution in [0.15, 0.2) is 40.5 Å². The van der Waals surface area contributed by atoms with Gasteiger partial charge in [-0.1, -0.05) is 5.16 Å². The molecule has 106 valence electrons. The summed E-state index contributed by atoms with van der Waals surface area (Å²) in [4.78, 5) is 10.0. The van der Waals surface area contributed by atoms with Crippen LogP contribution >= 0.6 is 11.8 Å². The Balaban J connectivity index is 2.50. The minimum atomic E-state index is 0.589. The predicted molar refractivity (Wildman–Crippen MR) is 84.8 cm³/mol. The average molecular weight is 299 g/mol. The normalized spacial score (nSPS) is 11.5. The van der Waals surface area contributed by atoms with Crippen molar-refractivity contribution in [1.29, 1.82) is 0 Å². The Morgan fingerprint density at radius 3 is 2.86 bits per heavy atom. The predicted octanol–water partition coefficient (Wildman–Crippen LogP) is 3.32. The van der Waals surface area contributed by atoms with Gasteiger partial charge < -0.3 is 9.94 Å². The molecule has 1 aromatic carbocycles. The van der Waals surface area contributed by atoms with Crippen LogP contribution < -0.4 is 4.74 Å². The topological polar surface area (TPSA) is 67.6 Å². The number of hydrogen-bond acceptors (Lipinski definition) is 6. The van der Waals surface area contributed by atoms with E-state index in [0.717, 1.165) is 32.5 Å². The lowest BCUT2D eigenvalue weighted by Crippen LogP contribution is -1.95. The van der Waals surface area contributed by atoms with E-state index in [1.807, 2.05) is 30.5 Å². The van der Waals surface area contributed by atoms with Gasteiger partial charge in [-0.2, -0.15) is 0 Å². The number of methoxy groups -OCH3 is 1.